The first-order valence-corrected chi connectivity index (χ1v) is 8.46. The number of piperazine rings is 1. The van der Waals surface area contributed by atoms with Crippen molar-refractivity contribution < 1.29 is 19.5 Å². The molecule has 1 N–H and O–H groups in total. The Hall–Kier alpha value is -3.67. The van der Waals surface area contributed by atoms with Gasteiger partial charge in [-0.15, -0.1) is 0 Å². The summed E-state index contributed by atoms with van der Waals surface area (Å²) in [6, 6.07) is 6.89. The topological polar surface area (TPSA) is 118 Å². The molecule has 1 aromatic carbocycles. The number of carbonyl (C=O) groups is 3. The summed E-state index contributed by atoms with van der Waals surface area (Å²) in [4.78, 5) is 45.5. The highest BCUT2D eigenvalue weighted by Crippen LogP contribution is 2.43. The SMILES string of the molecule is N#Cc1ncc(N2C(=O)C3C4CC(CN4C(=O)O)N3C2=O)c2ccccc12. The fourth-order valence-electron chi connectivity index (χ4n) is 4.54. The standard InChI is InChI=1S/C18H13N5O4/c19-6-12-10-3-1-2-4-11(10)14(7-20-12)23-16(24)15-13-5-9(22(15)17(23)25)8-21(13)18(26)27/h1-4,7,9,13,15H,5,8H2,(H,26,27). The molecule has 0 aliphatic carbocycles. The van der Waals surface area contributed by atoms with E-state index in [0.29, 0.717) is 22.9 Å². The Kier molecular flexibility index (Phi) is 2.98. The van der Waals surface area contributed by atoms with Crippen molar-refractivity contribution in [1.82, 2.24) is 14.8 Å². The van der Waals surface area contributed by atoms with Crippen LogP contribution >= 0.6 is 0 Å². The van der Waals surface area contributed by atoms with E-state index in [4.69, 9.17) is 0 Å². The molecule has 2 bridgehead atoms. The number of carbonyl (C=O) groups excluding carboxylic acids is 2. The van der Waals surface area contributed by atoms with Gasteiger partial charge in [0.25, 0.3) is 5.91 Å². The molecule has 5 rings (SSSR count). The van der Waals surface area contributed by atoms with Crippen LogP contribution in [0.4, 0.5) is 15.3 Å². The molecule has 4 amide bonds. The second-order valence-corrected chi connectivity index (χ2v) is 6.85. The molecule has 0 spiro atoms. The summed E-state index contributed by atoms with van der Waals surface area (Å²) in [5.41, 5.74) is 0.529. The minimum absolute atomic E-state index is 0.214. The average Bonchev–Trinajstić information content (AvgIpc) is 3.33. The van der Waals surface area contributed by atoms with Crippen LogP contribution in [0.25, 0.3) is 10.8 Å². The van der Waals surface area contributed by atoms with Gasteiger partial charge in [0.2, 0.25) is 0 Å². The van der Waals surface area contributed by atoms with Gasteiger partial charge in [-0.1, -0.05) is 24.3 Å². The third kappa shape index (κ3) is 1.87. The highest BCUT2D eigenvalue weighted by Gasteiger charge is 2.63. The summed E-state index contributed by atoms with van der Waals surface area (Å²) in [6.07, 6.45) is 0.760. The molecule has 9 heteroatoms. The molecule has 1 aromatic heterocycles. The van der Waals surface area contributed by atoms with Gasteiger partial charge in [0.15, 0.2) is 0 Å². The minimum atomic E-state index is -1.08. The Morgan fingerprint density at radius 2 is 2.00 bits per heavy atom. The molecule has 27 heavy (non-hydrogen) atoms. The molecule has 0 saturated carbocycles. The van der Waals surface area contributed by atoms with Gasteiger partial charge in [-0.2, -0.15) is 5.26 Å². The Morgan fingerprint density at radius 3 is 2.70 bits per heavy atom. The molecule has 134 valence electrons. The van der Waals surface area contributed by atoms with Crippen LogP contribution < -0.4 is 4.90 Å². The fourth-order valence-corrected chi connectivity index (χ4v) is 4.54. The number of imide groups is 1. The van der Waals surface area contributed by atoms with Crippen LogP contribution in [-0.4, -0.2) is 62.6 Å². The minimum Gasteiger partial charge on any atom is -0.465 e. The molecule has 3 unspecified atom stereocenters. The molecular weight excluding hydrogens is 350 g/mol. The highest BCUT2D eigenvalue weighted by atomic mass is 16.4. The Labute approximate surface area is 153 Å². The zero-order chi connectivity index (χ0) is 18.9. The number of benzene rings is 1. The lowest BCUT2D eigenvalue weighted by Crippen LogP contribution is -2.54. The van der Waals surface area contributed by atoms with E-state index in [9.17, 15) is 24.8 Å². The highest BCUT2D eigenvalue weighted by molar-refractivity contribution is 6.25. The normalized spacial score (nSPS) is 26.0. The van der Waals surface area contributed by atoms with Crippen molar-refractivity contribution >= 4 is 34.5 Å². The lowest BCUT2D eigenvalue weighted by molar-refractivity contribution is -0.121. The zero-order valence-electron chi connectivity index (χ0n) is 13.9. The average molecular weight is 363 g/mol. The van der Waals surface area contributed by atoms with E-state index in [1.807, 2.05) is 6.07 Å². The van der Waals surface area contributed by atoms with E-state index in [-0.39, 0.29) is 18.3 Å². The van der Waals surface area contributed by atoms with Gasteiger partial charge in [-0.3, -0.25) is 4.79 Å². The number of rotatable bonds is 1. The lowest BCUT2D eigenvalue weighted by Gasteiger charge is -2.32. The summed E-state index contributed by atoms with van der Waals surface area (Å²) in [6.45, 7) is 0.218. The van der Waals surface area contributed by atoms with Gasteiger partial charge in [-0.05, 0) is 6.42 Å². The number of pyridine rings is 1. The number of amides is 4. The van der Waals surface area contributed by atoms with Crippen molar-refractivity contribution in [2.45, 2.75) is 24.5 Å². The molecule has 2 aromatic rings. The van der Waals surface area contributed by atoms with Crippen LogP contribution in [0.5, 0.6) is 0 Å². The summed E-state index contributed by atoms with van der Waals surface area (Å²) >= 11 is 0. The number of hydrogen-bond donors (Lipinski definition) is 1. The van der Waals surface area contributed by atoms with Gasteiger partial charge in [0, 0.05) is 17.3 Å². The summed E-state index contributed by atoms with van der Waals surface area (Å²) < 4.78 is 0. The largest absolute Gasteiger partial charge is 0.465 e. The maximum Gasteiger partial charge on any atom is 0.407 e. The number of aromatic nitrogens is 1. The second kappa shape index (κ2) is 5.17. The predicted molar refractivity (Wildman–Crippen MR) is 91.9 cm³/mol. The fraction of sp³-hybridized carbons (Fsp3) is 0.278. The van der Waals surface area contributed by atoms with Gasteiger partial charge in [-0.25, -0.2) is 19.5 Å². The number of hydrogen-bond acceptors (Lipinski definition) is 5. The van der Waals surface area contributed by atoms with E-state index in [2.05, 4.69) is 4.98 Å². The molecule has 9 nitrogen and oxygen atoms in total. The van der Waals surface area contributed by atoms with Crippen molar-refractivity contribution in [1.29, 1.82) is 5.26 Å². The van der Waals surface area contributed by atoms with Crippen molar-refractivity contribution in [2.24, 2.45) is 0 Å². The number of carboxylic acid groups (broad SMARTS) is 1. The number of nitrogens with zero attached hydrogens (tertiary/aromatic N) is 5. The number of likely N-dealkylation sites (tertiary alicyclic amines) is 1. The third-order valence-corrected chi connectivity index (χ3v) is 5.63. The van der Waals surface area contributed by atoms with E-state index in [1.165, 1.54) is 16.0 Å². The van der Waals surface area contributed by atoms with Crippen LogP contribution in [0.15, 0.2) is 30.5 Å². The van der Waals surface area contributed by atoms with E-state index < -0.39 is 30.1 Å². The van der Waals surface area contributed by atoms with Gasteiger partial charge >= 0.3 is 12.1 Å². The monoisotopic (exact) mass is 363 g/mol. The maximum absolute atomic E-state index is 13.1. The summed E-state index contributed by atoms with van der Waals surface area (Å²) in [7, 11) is 0. The Bertz CT molecular complexity index is 1080. The Morgan fingerprint density at radius 1 is 1.26 bits per heavy atom. The molecule has 0 radical (unpaired) electrons. The van der Waals surface area contributed by atoms with E-state index in [0.717, 1.165) is 4.90 Å². The van der Waals surface area contributed by atoms with Crippen molar-refractivity contribution in [3.05, 3.63) is 36.2 Å². The molecule has 4 heterocycles. The van der Waals surface area contributed by atoms with Crippen molar-refractivity contribution in [2.75, 3.05) is 11.4 Å². The summed E-state index contributed by atoms with van der Waals surface area (Å²) in [5.74, 6) is -0.449. The van der Waals surface area contributed by atoms with E-state index in [1.54, 1.807) is 24.3 Å². The van der Waals surface area contributed by atoms with Gasteiger partial charge < -0.3 is 14.9 Å². The third-order valence-electron chi connectivity index (χ3n) is 5.63. The number of fused-ring (bicyclic) bond motifs is 6. The first-order chi connectivity index (χ1) is 13.0. The first-order valence-electron chi connectivity index (χ1n) is 8.46. The quantitative estimate of drug-likeness (QED) is 0.765. The molecular formula is C18H13N5O4. The number of anilines is 1. The smallest absolute Gasteiger partial charge is 0.407 e. The van der Waals surface area contributed by atoms with Crippen LogP contribution in [0, 0.1) is 11.3 Å². The van der Waals surface area contributed by atoms with Crippen molar-refractivity contribution in [3.8, 4) is 6.07 Å². The first kappa shape index (κ1) is 15.6. The summed E-state index contributed by atoms with van der Waals surface area (Å²) in [5, 5.41) is 19.7. The lowest BCUT2D eigenvalue weighted by atomic mass is 10.1. The van der Waals surface area contributed by atoms with Crippen LogP contribution in [0.3, 0.4) is 0 Å². The predicted octanol–water partition coefficient (Wildman–Crippen LogP) is 1.38. The second-order valence-electron chi connectivity index (χ2n) is 6.85. The molecule has 3 saturated heterocycles. The number of nitriles is 1. The number of urea groups is 1. The van der Waals surface area contributed by atoms with Crippen molar-refractivity contribution in [3.63, 3.8) is 0 Å². The van der Waals surface area contributed by atoms with E-state index >= 15 is 0 Å². The van der Waals surface area contributed by atoms with Crippen LogP contribution in [0.2, 0.25) is 0 Å². The van der Waals surface area contributed by atoms with Crippen LogP contribution in [-0.2, 0) is 4.79 Å². The van der Waals surface area contributed by atoms with Gasteiger partial charge in [0.1, 0.15) is 17.8 Å². The Balaban J connectivity index is 1.62. The maximum atomic E-state index is 13.1. The zero-order valence-corrected chi connectivity index (χ0v) is 13.9. The molecule has 3 aliphatic rings. The molecule has 3 atom stereocenters. The molecule has 3 aliphatic heterocycles. The van der Waals surface area contributed by atoms with Gasteiger partial charge in [0.05, 0.1) is 24.0 Å². The molecule has 3 fully saturated rings. The van der Waals surface area contributed by atoms with Crippen LogP contribution in [0.1, 0.15) is 12.1 Å².